The van der Waals surface area contributed by atoms with E-state index in [1.807, 2.05) is 0 Å². The first-order chi connectivity index (χ1) is 10.9. The Hall–Kier alpha value is -1.97. The van der Waals surface area contributed by atoms with Gasteiger partial charge in [-0.25, -0.2) is 17.2 Å². The average molecular weight is 355 g/mol. The lowest BCUT2D eigenvalue weighted by Gasteiger charge is -2.18. The predicted molar refractivity (Wildman–Crippen MR) is 82.4 cm³/mol. The van der Waals surface area contributed by atoms with Gasteiger partial charge in [0.2, 0.25) is 10.0 Å². The summed E-state index contributed by atoms with van der Waals surface area (Å²) in [5.41, 5.74) is 2.01. The number of benzene rings is 2. The Balaban J connectivity index is 1.93. The highest BCUT2D eigenvalue weighted by atomic mass is 32.2. The Morgan fingerprint density at radius 2 is 1.74 bits per heavy atom. The maximum Gasteiger partial charge on any atom is 0.248 e. The van der Waals surface area contributed by atoms with Gasteiger partial charge in [0, 0.05) is 13.6 Å². The van der Waals surface area contributed by atoms with Crippen LogP contribution in [0.15, 0.2) is 41.3 Å². The third kappa shape index (κ3) is 2.94. The topological polar surface area (TPSA) is 63.2 Å². The molecule has 0 amide bonds. The summed E-state index contributed by atoms with van der Waals surface area (Å²) in [5.74, 6) is -2.23. The molecule has 1 heterocycles. The van der Waals surface area contributed by atoms with Crippen LogP contribution >= 0.6 is 11.7 Å². The maximum absolute atomic E-state index is 13.7. The third-order valence-electron chi connectivity index (χ3n) is 3.31. The molecule has 0 aliphatic rings. The lowest BCUT2D eigenvalue weighted by Crippen LogP contribution is -2.28. The number of aromatic nitrogens is 2. The minimum Gasteiger partial charge on any atom is -0.207 e. The van der Waals surface area contributed by atoms with E-state index in [1.165, 1.54) is 7.05 Å². The quantitative estimate of drug-likeness (QED) is 0.722. The largest absolute Gasteiger partial charge is 0.248 e. The highest BCUT2D eigenvalue weighted by molar-refractivity contribution is 7.89. The first kappa shape index (κ1) is 15.9. The van der Waals surface area contributed by atoms with Crippen molar-refractivity contribution in [2.45, 2.75) is 11.4 Å². The van der Waals surface area contributed by atoms with E-state index in [1.54, 1.807) is 18.2 Å². The van der Waals surface area contributed by atoms with Gasteiger partial charge in [-0.15, -0.1) is 0 Å². The molecule has 0 unspecified atom stereocenters. The average Bonchev–Trinajstić information content (AvgIpc) is 2.94. The first-order valence-corrected chi connectivity index (χ1v) is 8.68. The fourth-order valence-electron chi connectivity index (χ4n) is 2.15. The van der Waals surface area contributed by atoms with Crippen molar-refractivity contribution in [3.8, 4) is 0 Å². The zero-order chi connectivity index (χ0) is 16.6. The minimum absolute atomic E-state index is 0.0381. The van der Waals surface area contributed by atoms with Crippen LogP contribution in [-0.4, -0.2) is 28.5 Å². The standard InChI is InChI=1S/C14H11F2N3O2S2/c1-19(8-9-5-6-12-13(7-9)18-22-17-12)23(20,21)14-10(15)3-2-4-11(14)16/h2-7H,8H2,1H3. The molecule has 0 fully saturated rings. The van der Waals surface area contributed by atoms with E-state index in [2.05, 4.69) is 8.75 Å². The molecule has 1 aromatic heterocycles. The highest BCUT2D eigenvalue weighted by Crippen LogP contribution is 2.23. The van der Waals surface area contributed by atoms with E-state index in [-0.39, 0.29) is 6.54 Å². The van der Waals surface area contributed by atoms with Crippen molar-refractivity contribution in [1.82, 2.24) is 13.1 Å². The van der Waals surface area contributed by atoms with Crippen LogP contribution in [0, 0.1) is 11.6 Å². The Labute approximate surface area is 135 Å². The van der Waals surface area contributed by atoms with Crippen molar-refractivity contribution < 1.29 is 17.2 Å². The molecule has 120 valence electrons. The summed E-state index contributed by atoms with van der Waals surface area (Å²) in [5, 5.41) is 0. The van der Waals surface area contributed by atoms with E-state index in [0.29, 0.717) is 16.6 Å². The molecular weight excluding hydrogens is 344 g/mol. The van der Waals surface area contributed by atoms with Crippen LogP contribution in [0.4, 0.5) is 8.78 Å². The minimum atomic E-state index is -4.29. The van der Waals surface area contributed by atoms with Gasteiger partial charge < -0.3 is 0 Å². The van der Waals surface area contributed by atoms with Crippen molar-refractivity contribution in [3.63, 3.8) is 0 Å². The molecule has 3 aromatic rings. The molecule has 0 saturated heterocycles. The molecule has 3 rings (SSSR count). The maximum atomic E-state index is 13.7. The summed E-state index contributed by atoms with van der Waals surface area (Å²) in [7, 11) is -3.02. The lowest BCUT2D eigenvalue weighted by molar-refractivity contribution is 0.448. The molecule has 0 atom stereocenters. The van der Waals surface area contributed by atoms with Crippen molar-refractivity contribution in [2.75, 3.05) is 7.05 Å². The smallest absolute Gasteiger partial charge is 0.207 e. The molecule has 23 heavy (non-hydrogen) atoms. The Kier molecular flexibility index (Phi) is 4.09. The molecule has 0 N–H and O–H groups in total. The second-order valence-corrected chi connectivity index (χ2v) is 7.41. The lowest BCUT2D eigenvalue weighted by atomic mass is 10.2. The number of fused-ring (bicyclic) bond motifs is 1. The Bertz CT molecular complexity index is 953. The fraction of sp³-hybridized carbons (Fsp3) is 0.143. The van der Waals surface area contributed by atoms with Gasteiger partial charge in [-0.1, -0.05) is 12.1 Å². The second kappa shape index (κ2) is 5.91. The van der Waals surface area contributed by atoms with Gasteiger partial charge in [-0.05, 0) is 29.8 Å². The van der Waals surface area contributed by atoms with Gasteiger partial charge in [0.25, 0.3) is 0 Å². The summed E-state index contributed by atoms with van der Waals surface area (Å²) >= 11 is 1.06. The summed E-state index contributed by atoms with van der Waals surface area (Å²) in [6.07, 6.45) is 0. The molecule has 2 aromatic carbocycles. The van der Waals surface area contributed by atoms with Crippen LogP contribution in [-0.2, 0) is 16.6 Å². The number of rotatable bonds is 4. The predicted octanol–water partition coefficient (Wildman–Crippen LogP) is 2.79. The SMILES string of the molecule is CN(Cc1ccc2nsnc2c1)S(=O)(=O)c1c(F)cccc1F. The third-order valence-corrected chi connectivity index (χ3v) is 5.72. The molecule has 0 aliphatic carbocycles. The van der Waals surface area contributed by atoms with E-state index >= 15 is 0 Å². The molecule has 9 heteroatoms. The number of hydrogen-bond donors (Lipinski definition) is 0. The number of sulfonamides is 1. The number of hydrogen-bond acceptors (Lipinski definition) is 5. The summed E-state index contributed by atoms with van der Waals surface area (Å²) in [6.45, 7) is -0.0381. The van der Waals surface area contributed by atoms with Crippen molar-refractivity contribution in [2.24, 2.45) is 0 Å². The van der Waals surface area contributed by atoms with E-state index in [9.17, 15) is 17.2 Å². The van der Waals surface area contributed by atoms with Crippen LogP contribution in [0.25, 0.3) is 11.0 Å². The Morgan fingerprint density at radius 1 is 1.09 bits per heavy atom. The molecule has 0 spiro atoms. The van der Waals surface area contributed by atoms with Crippen molar-refractivity contribution in [1.29, 1.82) is 0 Å². The zero-order valence-electron chi connectivity index (χ0n) is 11.9. The Morgan fingerprint density at radius 3 is 2.43 bits per heavy atom. The second-order valence-electron chi connectivity index (χ2n) is 4.90. The molecule has 5 nitrogen and oxygen atoms in total. The summed E-state index contributed by atoms with van der Waals surface area (Å²) in [6, 6.07) is 8.06. The van der Waals surface area contributed by atoms with Gasteiger partial charge in [-0.2, -0.15) is 13.1 Å². The fourth-order valence-corrected chi connectivity index (χ4v) is 3.93. The van der Waals surface area contributed by atoms with Gasteiger partial charge in [0.15, 0.2) is 4.90 Å². The summed E-state index contributed by atoms with van der Waals surface area (Å²) < 4.78 is 61.4. The van der Waals surface area contributed by atoms with Gasteiger partial charge >= 0.3 is 0 Å². The van der Waals surface area contributed by atoms with E-state index in [4.69, 9.17) is 0 Å². The molecule has 0 saturated carbocycles. The van der Waals surface area contributed by atoms with Gasteiger partial charge in [-0.3, -0.25) is 0 Å². The van der Waals surface area contributed by atoms with Crippen LogP contribution in [0.3, 0.4) is 0 Å². The highest BCUT2D eigenvalue weighted by Gasteiger charge is 2.28. The summed E-state index contributed by atoms with van der Waals surface area (Å²) in [4.78, 5) is -0.945. The van der Waals surface area contributed by atoms with E-state index in [0.717, 1.165) is 34.2 Å². The zero-order valence-corrected chi connectivity index (χ0v) is 13.5. The normalized spacial score (nSPS) is 12.2. The van der Waals surface area contributed by atoms with Gasteiger partial charge in [0.1, 0.15) is 22.7 Å². The van der Waals surface area contributed by atoms with Crippen LogP contribution in [0.1, 0.15) is 5.56 Å². The van der Waals surface area contributed by atoms with E-state index < -0.39 is 26.6 Å². The van der Waals surface area contributed by atoms with Crippen LogP contribution in [0.2, 0.25) is 0 Å². The van der Waals surface area contributed by atoms with Crippen LogP contribution < -0.4 is 0 Å². The molecule has 0 radical (unpaired) electrons. The molecule has 0 aliphatic heterocycles. The number of nitrogens with zero attached hydrogens (tertiary/aromatic N) is 3. The van der Waals surface area contributed by atoms with Crippen molar-refractivity contribution >= 4 is 32.8 Å². The molecule has 0 bridgehead atoms. The van der Waals surface area contributed by atoms with Crippen molar-refractivity contribution in [3.05, 3.63) is 53.6 Å². The molecular formula is C14H11F2N3O2S2. The first-order valence-electron chi connectivity index (χ1n) is 6.51. The monoisotopic (exact) mass is 355 g/mol. The van der Waals surface area contributed by atoms with Crippen LogP contribution in [0.5, 0.6) is 0 Å². The van der Waals surface area contributed by atoms with Gasteiger partial charge in [0.05, 0.1) is 11.7 Å². The number of halogens is 2.